The normalized spacial score (nSPS) is 22.1. The molecule has 0 bridgehead atoms. The molecule has 0 spiro atoms. The second kappa shape index (κ2) is 5.38. The predicted molar refractivity (Wildman–Crippen MR) is 80.9 cm³/mol. The number of nitrogens with zero attached hydrogens (tertiary/aromatic N) is 1. The minimum Gasteiger partial charge on any atom is -0.324 e. The standard InChI is InChI=1S/C15H16ClN3O/c1-9-7-17-8-11(9)15(20)19-13-5-4-12(16)10-3-2-6-18-14(10)13/h2-6,9,11,17H,7-8H2,1H3,(H,19,20)/t9-,11-/m1/s1. The van der Waals surface area contributed by atoms with Crippen molar-refractivity contribution in [2.75, 3.05) is 18.4 Å². The minimum atomic E-state index is 0.00411. The monoisotopic (exact) mass is 289 g/mol. The van der Waals surface area contributed by atoms with Crippen LogP contribution in [0.1, 0.15) is 6.92 Å². The van der Waals surface area contributed by atoms with Gasteiger partial charge in [0, 0.05) is 18.1 Å². The molecule has 1 fully saturated rings. The molecule has 0 aliphatic carbocycles. The third-order valence-corrected chi connectivity index (χ3v) is 4.16. The van der Waals surface area contributed by atoms with Crippen LogP contribution in [0.2, 0.25) is 5.02 Å². The minimum absolute atomic E-state index is 0.00411. The number of amides is 1. The number of nitrogens with one attached hydrogen (secondary N) is 2. The molecular weight excluding hydrogens is 274 g/mol. The Morgan fingerprint density at radius 3 is 3.00 bits per heavy atom. The van der Waals surface area contributed by atoms with Gasteiger partial charge in [-0.25, -0.2) is 0 Å². The SMILES string of the molecule is C[C@@H]1CNC[C@H]1C(=O)Nc1ccc(Cl)c2cccnc12. The highest BCUT2D eigenvalue weighted by Gasteiger charge is 2.29. The molecule has 3 rings (SSSR count). The van der Waals surface area contributed by atoms with Gasteiger partial charge in [-0.15, -0.1) is 0 Å². The van der Waals surface area contributed by atoms with Crippen molar-refractivity contribution in [2.45, 2.75) is 6.92 Å². The quantitative estimate of drug-likeness (QED) is 0.894. The molecule has 0 unspecified atom stereocenters. The topological polar surface area (TPSA) is 54.0 Å². The van der Waals surface area contributed by atoms with Gasteiger partial charge in [0.15, 0.2) is 0 Å². The summed E-state index contributed by atoms with van der Waals surface area (Å²) >= 11 is 6.15. The number of hydrogen-bond acceptors (Lipinski definition) is 3. The first kappa shape index (κ1) is 13.3. The van der Waals surface area contributed by atoms with E-state index in [-0.39, 0.29) is 11.8 Å². The van der Waals surface area contributed by atoms with E-state index in [1.807, 2.05) is 18.2 Å². The summed E-state index contributed by atoms with van der Waals surface area (Å²) in [5.41, 5.74) is 1.45. The highest BCUT2D eigenvalue weighted by atomic mass is 35.5. The van der Waals surface area contributed by atoms with E-state index >= 15 is 0 Å². The summed E-state index contributed by atoms with van der Waals surface area (Å²) in [6.45, 7) is 3.70. The molecule has 2 aromatic rings. The summed E-state index contributed by atoms with van der Waals surface area (Å²) in [4.78, 5) is 16.7. The van der Waals surface area contributed by atoms with Crippen molar-refractivity contribution >= 4 is 34.1 Å². The molecule has 4 nitrogen and oxygen atoms in total. The molecule has 2 N–H and O–H groups in total. The van der Waals surface area contributed by atoms with E-state index in [0.29, 0.717) is 16.6 Å². The zero-order chi connectivity index (χ0) is 14.1. The summed E-state index contributed by atoms with van der Waals surface area (Å²) in [5.74, 6) is 0.391. The summed E-state index contributed by atoms with van der Waals surface area (Å²) < 4.78 is 0. The lowest BCUT2D eigenvalue weighted by Gasteiger charge is -2.15. The molecule has 1 aliphatic rings. The van der Waals surface area contributed by atoms with Crippen LogP contribution < -0.4 is 10.6 Å². The molecule has 0 radical (unpaired) electrons. The molecule has 1 saturated heterocycles. The third-order valence-electron chi connectivity index (χ3n) is 3.83. The maximum absolute atomic E-state index is 12.3. The number of fused-ring (bicyclic) bond motifs is 1. The van der Waals surface area contributed by atoms with E-state index in [0.717, 1.165) is 24.0 Å². The molecule has 20 heavy (non-hydrogen) atoms. The van der Waals surface area contributed by atoms with Crippen LogP contribution in [0.15, 0.2) is 30.5 Å². The number of carbonyl (C=O) groups excluding carboxylic acids is 1. The first-order chi connectivity index (χ1) is 9.66. The number of anilines is 1. The van der Waals surface area contributed by atoms with Crippen LogP contribution in [0.4, 0.5) is 5.69 Å². The first-order valence-corrected chi connectivity index (χ1v) is 7.09. The summed E-state index contributed by atoms with van der Waals surface area (Å²) in [5, 5.41) is 7.71. The van der Waals surface area contributed by atoms with Gasteiger partial charge >= 0.3 is 0 Å². The van der Waals surface area contributed by atoms with Gasteiger partial charge in [-0.2, -0.15) is 0 Å². The summed E-state index contributed by atoms with van der Waals surface area (Å²) in [6, 6.07) is 7.34. The fraction of sp³-hybridized carbons (Fsp3) is 0.333. The van der Waals surface area contributed by atoms with Crippen molar-refractivity contribution in [1.82, 2.24) is 10.3 Å². The molecule has 5 heteroatoms. The molecule has 0 saturated carbocycles. The van der Waals surface area contributed by atoms with Gasteiger partial charge in [-0.1, -0.05) is 18.5 Å². The van der Waals surface area contributed by atoms with Crippen LogP contribution >= 0.6 is 11.6 Å². The van der Waals surface area contributed by atoms with Gasteiger partial charge in [0.2, 0.25) is 5.91 Å². The number of aromatic nitrogens is 1. The van der Waals surface area contributed by atoms with Crippen molar-refractivity contribution in [1.29, 1.82) is 0 Å². The number of benzene rings is 1. The van der Waals surface area contributed by atoms with Crippen LogP contribution in [0.3, 0.4) is 0 Å². The van der Waals surface area contributed by atoms with Gasteiger partial charge < -0.3 is 10.6 Å². The Hall–Kier alpha value is -1.65. The highest BCUT2D eigenvalue weighted by Crippen LogP contribution is 2.29. The number of carbonyl (C=O) groups is 1. The van der Waals surface area contributed by atoms with Gasteiger partial charge in [0.05, 0.1) is 22.1 Å². The molecule has 1 aliphatic heterocycles. The van der Waals surface area contributed by atoms with Crippen LogP contribution in [0, 0.1) is 11.8 Å². The lowest BCUT2D eigenvalue weighted by atomic mass is 9.97. The van der Waals surface area contributed by atoms with Gasteiger partial charge in [0.25, 0.3) is 0 Å². The van der Waals surface area contributed by atoms with Gasteiger partial charge in [0.1, 0.15) is 0 Å². The Bertz CT molecular complexity index is 659. The molecule has 1 aromatic heterocycles. The number of rotatable bonds is 2. The Kier molecular flexibility index (Phi) is 3.59. The summed E-state index contributed by atoms with van der Waals surface area (Å²) in [7, 11) is 0. The summed E-state index contributed by atoms with van der Waals surface area (Å²) in [6.07, 6.45) is 1.70. The fourth-order valence-electron chi connectivity index (χ4n) is 2.63. The second-order valence-corrected chi connectivity index (χ2v) is 5.63. The average molecular weight is 290 g/mol. The van der Waals surface area contributed by atoms with E-state index in [1.165, 1.54) is 0 Å². The molecular formula is C15H16ClN3O. The van der Waals surface area contributed by atoms with Crippen molar-refractivity contribution in [3.63, 3.8) is 0 Å². The van der Waals surface area contributed by atoms with Crippen molar-refractivity contribution in [2.24, 2.45) is 11.8 Å². The number of halogens is 1. The maximum atomic E-state index is 12.3. The number of pyridine rings is 1. The Labute approximate surface area is 122 Å². The van der Waals surface area contributed by atoms with Crippen molar-refractivity contribution in [3.8, 4) is 0 Å². The van der Waals surface area contributed by atoms with Gasteiger partial charge in [-0.3, -0.25) is 9.78 Å². The smallest absolute Gasteiger partial charge is 0.229 e. The van der Waals surface area contributed by atoms with E-state index in [1.54, 1.807) is 12.3 Å². The zero-order valence-corrected chi connectivity index (χ0v) is 11.9. The van der Waals surface area contributed by atoms with Crippen LogP contribution in [0.25, 0.3) is 10.9 Å². The molecule has 1 aromatic carbocycles. The lowest BCUT2D eigenvalue weighted by Crippen LogP contribution is -2.27. The molecule has 1 amide bonds. The lowest BCUT2D eigenvalue weighted by molar-refractivity contribution is -0.120. The Balaban J connectivity index is 1.91. The molecule has 2 atom stereocenters. The molecule has 104 valence electrons. The fourth-order valence-corrected chi connectivity index (χ4v) is 2.84. The predicted octanol–water partition coefficient (Wildman–Crippen LogP) is 2.68. The average Bonchev–Trinajstić information content (AvgIpc) is 2.88. The van der Waals surface area contributed by atoms with Crippen LogP contribution in [-0.4, -0.2) is 24.0 Å². The Morgan fingerprint density at radius 1 is 1.40 bits per heavy atom. The third kappa shape index (κ3) is 2.37. The maximum Gasteiger partial charge on any atom is 0.229 e. The van der Waals surface area contributed by atoms with E-state index < -0.39 is 0 Å². The van der Waals surface area contributed by atoms with E-state index in [9.17, 15) is 4.79 Å². The largest absolute Gasteiger partial charge is 0.324 e. The van der Waals surface area contributed by atoms with Gasteiger partial charge in [-0.05, 0) is 36.7 Å². The first-order valence-electron chi connectivity index (χ1n) is 6.71. The zero-order valence-electron chi connectivity index (χ0n) is 11.2. The number of hydrogen-bond donors (Lipinski definition) is 2. The van der Waals surface area contributed by atoms with Crippen molar-refractivity contribution in [3.05, 3.63) is 35.5 Å². The van der Waals surface area contributed by atoms with Crippen molar-refractivity contribution < 1.29 is 4.79 Å². The van der Waals surface area contributed by atoms with Crippen LogP contribution in [0.5, 0.6) is 0 Å². The van der Waals surface area contributed by atoms with E-state index in [4.69, 9.17) is 11.6 Å². The highest BCUT2D eigenvalue weighted by molar-refractivity contribution is 6.35. The van der Waals surface area contributed by atoms with Crippen LogP contribution in [-0.2, 0) is 4.79 Å². The molecule has 2 heterocycles. The second-order valence-electron chi connectivity index (χ2n) is 5.23. The van der Waals surface area contributed by atoms with E-state index in [2.05, 4.69) is 22.5 Å². The Morgan fingerprint density at radius 2 is 2.25 bits per heavy atom.